The average Bonchev–Trinajstić information content (AvgIpc) is 2.04. The van der Waals surface area contributed by atoms with Gasteiger partial charge < -0.3 is 9.84 Å². The molecule has 0 aromatic rings. The van der Waals surface area contributed by atoms with Crippen LogP contribution in [0.1, 0.15) is 13.3 Å². The molecular weight excluding hydrogens is 156 g/mol. The first kappa shape index (κ1) is 10.9. The molecule has 1 unspecified atom stereocenters. The lowest BCUT2D eigenvalue weighted by molar-refractivity contribution is -0.138. The Bertz CT molecular complexity index is 184. The summed E-state index contributed by atoms with van der Waals surface area (Å²) >= 11 is 0. The van der Waals surface area contributed by atoms with Crippen LogP contribution in [0.15, 0.2) is 24.8 Å². The topological polar surface area (TPSA) is 46.5 Å². The lowest BCUT2D eigenvalue weighted by atomic mass is 10.1. The fourth-order valence-electron chi connectivity index (χ4n) is 0.652. The van der Waals surface area contributed by atoms with Gasteiger partial charge in [0.2, 0.25) is 0 Å². The van der Waals surface area contributed by atoms with E-state index in [0.29, 0.717) is 6.61 Å². The molecule has 1 atom stereocenters. The van der Waals surface area contributed by atoms with Crippen molar-refractivity contribution in [2.75, 3.05) is 6.61 Å². The number of carbonyl (C=O) groups is 1. The summed E-state index contributed by atoms with van der Waals surface area (Å²) in [5.74, 6) is -0.460. The molecule has 0 bridgehead atoms. The van der Waals surface area contributed by atoms with E-state index >= 15 is 0 Å². The van der Waals surface area contributed by atoms with Crippen LogP contribution in [0.5, 0.6) is 0 Å². The van der Waals surface area contributed by atoms with Gasteiger partial charge in [-0.15, -0.1) is 6.58 Å². The summed E-state index contributed by atoms with van der Waals surface area (Å²) in [7, 11) is 0. The molecule has 12 heavy (non-hydrogen) atoms. The Kier molecular flexibility index (Phi) is 5.04. The van der Waals surface area contributed by atoms with Crippen molar-refractivity contribution in [3.8, 4) is 0 Å². The molecule has 0 fully saturated rings. The van der Waals surface area contributed by atoms with Gasteiger partial charge in [-0.3, -0.25) is 0 Å². The molecule has 0 spiro atoms. The molecule has 0 aliphatic carbocycles. The first-order valence-electron chi connectivity index (χ1n) is 3.77. The van der Waals surface area contributed by atoms with Crippen molar-refractivity contribution in [2.24, 2.45) is 0 Å². The summed E-state index contributed by atoms with van der Waals surface area (Å²) in [6, 6.07) is 0. The molecule has 3 nitrogen and oxygen atoms in total. The van der Waals surface area contributed by atoms with E-state index < -0.39 is 12.1 Å². The van der Waals surface area contributed by atoms with Gasteiger partial charge in [-0.1, -0.05) is 12.7 Å². The third-order valence-corrected chi connectivity index (χ3v) is 1.29. The molecule has 0 saturated heterocycles. The first-order chi connectivity index (χ1) is 5.61. The number of rotatable bonds is 5. The van der Waals surface area contributed by atoms with Gasteiger partial charge in [-0.25, -0.2) is 4.79 Å². The highest BCUT2D eigenvalue weighted by molar-refractivity contribution is 5.87. The molecular formula is C9H14O3. The van der Waals surface area contributed by atoms with Crippen LogP contribution in [0, 0.1) is 0 Å². The van der Waals surface area contributed by atoms with Crippen LogP contribution in [0.4, 0.5) is 0 Å². The third kappa shape index (κ3) is 3.93. The minimum Gasteiger partial charge on any atom is -0.463 e. The molecule has 0 aliphatic heterocycles. The predicted molar refractivity (Wildman–Crippen MR) is 46.6 cm³/mol. The van der Waals surface area contributed by atoms with Crippen molar-refractivity contribution < 1.29 is 14.6 Å². The quantitative estimate of drug-likeness (QED) is 0.381. The van der Waals surface area contributed by atoms with Crippen LogP contribution < -0.4 is 0 Å². The maximum atomic E-state index is 10.9. The standard InChI is InChI=1S/C9H14O3/c1-4-8(10)6-7(3)9(11)12-5-2/h4,8,10H,1,3,5-6H2,2H3. The fourth-order valence-corrected chi connectivity index (χ4v) is 0.652. The highest BCUT2D eigenvalue weighted by Gasteiger charge is 2.10. The van der Waals surface area contributed by atoms with Gasteiger partial charge in [0.05, 0.1) is 12.7 Å². The number of ether oxygens (including phenoxy) is 1. The minimum atomic E-state index is -0.720. The van der Waals surface area contributed by atoms with Gasteiger partial charge in [0.25, 0.3) is 0 Å². The first-order valence-corrected chi connectivity index (χ1v) is 3.77. The molecule has 0 saturated carbocycles. The van der Waals surface area contributed by atoms with Crippen molar-refractivity contribution in [2.45, 2.75) is 19.4 Å². The Labute approximate surface area is 72.3 Å². The normalized spacial score (nSPS) is 11.8. The van der Waals surface area contributed by atoms with Gasteiger partial charge in [0.1, 0.15) is 0 Å². The van der Waals surface area contributed by atoms with Crippen LogP contribution in [0.25, 0.3) is 0 Å². The molecule has 0 heterocycles. The largest absolute Gasteiger partial charge is 0.463 e. The summed E-state index contributed by atoms with van der Waals surface area (Å²) in [5.41, 5.74) is 0.268. The van der Waals surface area contributed by atoms with Crippen LogP contribution in [-0.4, -0.2) is 23.8 Å². The summed E-state index contributed by atoms with van der Waals surface area (Å²) in [6.45, 7) is 8.89. The van der Waals surface area contributed by atoms with Gasteiger partial charge >= 0.3 is 5.97 Å². The van der Waals surface area contributed by atoms with Crippen LogP contribution in [-0.2, 0) is 9.53 Å². The number of esters is 1. The molecule has 0 aromatic heterocycles. The van der Waals surface area contributed by atoms with Crippen molar-refractivity contribution in [3.63, 3.8) is 0 Å². The zero-order chi connectivity index (χ0) is 9.56. The Hall–Kier alpha value is -1.09. The Morgan fingerprint density at radius 2 is 2.33 bits per heavy atom. The zero-order valence-corrected chi connectivity index (χ0v) is 7.25. The molecule has 3 heteroatoms. The van der Waals surface area contributed by atoms with E-state index in [1.807, 2.05) is 0 Å². The van der Waals surface area contributed by atoms with E-state index in [1.165, 1.54) is 6.08 Å². The Morgan fingerprint density at radius 3 is 2.75 bits per heavy atom. The molecule has 0 aromatic carbocycles. The van der Waals surface area contributed by atoms with Crippen molar-refractivity contribution in [3.05, 3.63) is 24.8 Å². The number of carbonyl (C=O) groups excluding carboxylic acids is 1. The second kappa shape index (κ2) is 5.55. The maximum absolute atomic E-state index is 10.9. The highest BCUT2D eigenvalue weighted by atomic mass is 16.5. The van der Waals surface area contributed by atoms with Crippen molar-refractivity contribution in [1.82, 2.24) is 0 Å². The Balaban J connectivity index is 3.86. The number of hydrogen-bond acceptors (Lipinski definition) is 3. The van der Waals surface area contributed by atoms with Crippen LogP contribution >= 0.6 is 0 Å². The van der Waals surface area contributed by atoms with Gasteiger partial charge in [0, 0.05) is 12.0 Å². The third-order valence-electron chi connectivity index (χ3n) is 1.29. The summed E-state index contributed by atoms with van der Waals surface area (Å²) in [4.78, 5) is 10.9. The van der Waals surface area contributed by atoms with E-state index in [4.69, 9.17) is 5.11 Å². The van der Waals surface area contributed by atoms with E-state index in [9.17, 15) is 4.79 Å². The van der Waals surface area contributed by atoms with E-state index in [2.05, 4.69) is 17.9 Å². The number of aliphatic hydroxyl groups excluding tert-OH is 1. The van der Waals surface area contributed by atoms with Crippen LogP contribution in [0.2, 0.25) is 0 Å². The fraction of sp³-hybridized carbons (Fsp3) is 0.444. The average molecular weight is 170 g/mol. The molecule has 1 N–H and O–H groups in total. The highest BCUT2D eigenvalue weighted by Crippen LogP contribution is 2.05. The van der Waals surface area contributed by atoms with Gasteiger partial charge in [-0.05, 0) is 6.92 Å². The predicted octanol–water partition coefficient (Wildman–Crippen LogP) is 1.04. The zero-order valence-electron chi connectivity index (χ0n) is 7.25. The summed E-state index contributed by atoms with van der Waals surface area (Å²) < 4.78 is 4.67. The SMILES string of the molecule is C=CC(O)CC(=C)C(=O)OCC. The monoisotopic (exact) mass is 170 g/mol. The number of hydrogen-bond donors (Lipinski definition) is 1. The molecule has 0 radical (unpaired) electrons. The Morgan fingerprint density at radius 1 is 1.75 bits per heavy atom. The van der Waals surface area contributed by atoms with E-state index in [-0.39, 0.29) is 12.0 Å². The van der Waals surface area contributed by atoms with Crippen molar-refractivity contribution >= 4 is 5.97 Å². The summed E-state index contributed by atoms with van der Waals surface area (Å²) in [6.07, 6.45) is 0.814. The smallest absolute Gasteiger partial charge is 0.333 e. The second-order valence-corrected chi connectivity index (χ2v) is 2.33. The van der Waals surface area contributed by atoms with E-state index in [0.717, 1.165) is 0 Å². The van der Waals surface area contributed by atoms with E-state index in [1.54, 1.807) is 6.92 Å². The number of aliphatic hydroxyl groups is 1. The molecule has 68 valence electrons. The molecule has 0 aliphatic rings. The van der Waals surface area contributed by atoms with Gasteiger partial charge in [-0.2, -0.15) is 0 Å². The minimum absolute atomic E-state index is 0.183. The second-order valence-electron chi connectivity index (χ2n) is 2.33. The lowest BCUT2D eigenvalue weighted by Crippen LogP contribution is -2.12. The van der Waals surface area contributed by atoms with Gasteiger partial charge in [0.15, 0.2) is 0 Å². The molecule has 0 amide bonds. The van der Waals surface area contributed by atoms with Crippen LogP contribution in [0.3, 0.4) is 0 Å². The maximum Gasteiger partial charge on any atom is 0.333 e. The lowest BCUT2D eigenvalue weighted by Gasteiger charge is -2.06. The summed E-state index contributed by atoms with van der Waals surface area (Å²) in [5, 5.41) is 9.06. The van der Waals surface area contributed by atoms with Crippen molar-refractivity contribution in [1.29, 1.82) is 0 Å². The molecule has 0 rings (SSSR count).